The fourth-order valence-corrected chi connectivity index (χ4v) is 10.3. The Morgan fingerprint density at radius 2 is 1.65 bits per heavy atom. The maximum Gasteiger partial charge on any atom is 0.407 e. The van der Waals surface area contributed by atoms with Crippen LogP contribution in [0.25, 0.3) is 44.2 Å². The van der Waals surface area contributed by atoms with E-state index in [9.17, 15) is 19.2 Å². The van der Waals surface area contributed by atoms with Crippen molar-refractivity contribution in [1.82, 2.24) is 40.4 Å². The SMILES string of the molecule is COC(=O)NCC(C(=O)N1CC(F)(F)[C@H]2CC21c1nc2c(ccc3cc(-c4ccc(-c5cnc([C@@H]6CCCN6C(=O)C6(C(C)C)CC6NC(=O)OC)[nH]5)cc4)ccc32)[nH]1)C(C)C. The summed E-state index contributed by atoms with van der Waals surface area (Å²) in [4.78, 5) is 71.6. The number of alkyl carbamates (subject to hydrolysis) is 2. The minimum Gasteiger partial charge on any atom is -0.453 e. The lowest BCUT2D eigenvalue weighted by molar-refractivity contribution is -0.142. The van der Waals surface area contributed by atoms with Gasteiger partial charge in [-0.1, -0.05) is 70.2 Å². The number of H-pyrrole nitrogens is 2. The molecule has 2 aliphatic carbocycles. The highest BCUT2D eigenvalue weighted by atomic mass is 19.3. The van der Waals surface area contributed by atoms with Crippen molar-refractivity contribution in [3.8, 4) is 22.4 Å². The number of halogens is 2. The molecule has 0 bridgehead atoms. The molecule has 62 heavy (non-hydrogen) atoms. The van der Waals surface area contributed by atoms with Crippen LogP contribution in [0.5, 0.6) is 0 Å². The number of aromatic amines is 2. The van der Waals surface area contributed by atoms with Gasteiger partial charge in [-0.15, -0.1) is 0 Å². The van der Waals surface area contributed by atoms with E-state index < -0.39 is 53.4 Å². The number of carbonyl (C=O) groups excluding carboxylic acids is 4. The van der Waals surface area contributed by atoms with E-state index in [1.165, 1.54) is 19.1 Å². The van der Waals surface area contributed by atoms with Crippen LogP contribution in [-0.4, -0.2) is 99.6 Å². The number of rotatable bonds is 11. The van der Waals surface area contributed by atoms with Gasteiger partial charge in [0.2, 0.25) is 11.8 Å². The molecule has 4 amide bonds. The van der Waals surface area contributed by atoms with Gasteiger partial charge >= 0.3 is 12.2 Å². The minimum absolute atomic E-state index is 0.0328. The molecule has 2 aliphatic heterocycles. The lowest BCUT2D eigenvalue weighted by Crippen LogP contribution is -2.48. The maximum absolute atomic E-state index is 15.4. The smallest absolute Gasteiger partial charge is 0.407 e. The molecule has 14 nitrogen and oxygen atoms in total. The predicted molar refractivity (Wildman–Crippen MR) is 227 cm³/mol. The Morgan fingerprint density at radius 3 is 2.34 bits per heavy atom. The van der Waals surface area contributed by atoms with Gasteiger partial charge in [0.15, 0.2) is 0 Å². The van der Waals surface area contributed by atoms with Gasteiger partial charge < -0.3 is 39.9 Å². The summed E-state index contributed by atoms with van der Waals surface area (Å²) in [5, 5.41) is 7.19. The van der Waals surface area contributed by atoms with Crippen LogP contribution >= 0.6 is 0 Å². The quantitative estimate of drug-likeness (QED) is 0.106. The van der Waals surface area contributed by atoms with E-state index in [1.54, 1.807) is 6.20 Å². The van der Waals surface area contributed by atoms with Gasteiger partial charge in [0.25, 0.3) is 5.92 Å². The third kappa shape index (κ3) is 6.64. The van der Waals surface area contributed by atoms with Crippen molar-refractivity contribution in [2.24, 2.45) is 29.1 Å². The van der Waals surface area contributed by atoms with Crippen LogP contribution in [-0.2, 0) is 24.6 Å². The lowest BCUT2D eigenvalue weighted by atomic mass is 9.89. The summed E-state index contributed by atoms with van der Waals surface area (Å²) in [7, 11) is 2.55. The standard InChI is InChI=1S/C46H52F2N8O6/c1-24(2)31(21-50-42(59)61-5)39(57)56-23-46(47,48)35-19-45(35,56)40-52-32-16-14-29-18-28(13-15-30(29)37(32)54-40)26-9-11-27(12-10-26)33-22-49-38(51-33)34-8-7-17-55(34)41(58)44(25(3)4)20-36(44)53-43(60)62-6/h9-16,18,22,24-25,31,34-36H,7-8,17,19-21,23H2,1-6H3,(H,49,51)(H,50,59)(H,52,54)(H,53,60)/t31?,34-,35-,36?,44?,45?/m0/s1. The Hall–Kier alpha value is -6.06. The molecule has 5 aromatic rings. The van der Waals surface area contributed by atoms with Crippen molar-refractivity contribution < 1.29 is 37.4 Å². The van der Waals surface area contributed by atoms with Crippen molar-refractivity contribution >= 4 is 45.8 Å². The topological polar surface area (TPSA) is 175 Å². The average Bonchev–Trinajstić information content (AvgIpc) is 3.81. The molecule has 2 aromatic heterocycles. The normalized spacial score (nSPS) is 25.3. The number of piperidine rings is 1. The van der Waals surface area contributed by atoms with Gasteiger partial charge in [-0.25, -0.2) is 28.3 Å². The molecule has 0 radical (unpaired) electrons. The van der Waals surface area contributed by atoms with E-state index in [4.69, 9.17) is 14.7 Å². The van der Waals surface area contributed by atoms with Crippen LogP contribution in [0.1, 0.15) is 71.1 Å². The molecule has 16 heteroatoms. The molecule has 4 aliphatic rings. The maximum atomic E-state index is 15.4. The van der Waals surface area contributed by atoms with E-state index in [1.807, 2.05) is 81.1 Å². The number of likely N-dealkylation sites (tertiary alicyclic amines) is 2. The molecule has 326 valence electrons. The first-order valence-corrected chi connectivity index (χ1v) is 21.4. The van der Waals surface area contributed by atoms with Gasteiger partial charge in [-0.2, -0.15) is 0 Å². The van der Waals surface area contributed by atoms with Crippen molar-refractivity contribution in [2.75, 3.05) is 33.9 Å². The number of aromatic nitrogens is 4. The summed E-state index contributed by atoms with van der Waals surface area (Å²) in [6.45, 7) is 7.58. The number of benzene rings is 3. The first-order valence-electron chi connectivity index (χ1n) is 21.4. The summed E-state index contributed by atoms with van der Waals surface area (Å²) < 4.78 is 40.4. The molecule has 9 rings (SSSR count). The van der Waals surface area contributed by atoms with Crippen LogP contribution in [0.2, 0.25) is 0 Å². The fraction of sp³-hybridized carbons (Fsp3) is 0.478. The summed E-state index contributed by atoms with van der Waals surface area (Å²) >= 11 is 0. The van der Waals surface area contributed by atoms with Crippen LogP contribution in [0, 0.1) is 29.1 Å². The Bertz CT molecular complexity index is 2590. The summed E-state index contributed by atoms with van der Waals surface area (Å²) in [5.74, 6) is -4.39. The predicted octanol–water partition coefficient (Wildman–Crippen LogP) is 7.53. The Kier molecular flexibility index (Phi) is 10.0. The van der Waals surface area contributed by atoms with E-state index in [-0.39, 0.29) is 42.8 Å². The number of amides is 4. The monoisotopic (exact) mass is 850 g/mol. The van der Waals surface area contributed by atoms with Crippen molar-refractivity contribution in [2.45, 2.75) is 76.9 Å². The zero-order chi connectivity index (χ0) is 43.9. The highest BCUT2D eigenvalue weighted by Crippen LogP contribution is 2.67. The fourth-order valence-electron chi connectivity index (χ4n) is 10.3. The molecule has 2 saturated carbocycles. The van der Waals surface area contributed by atoms with Crippen LogP contribution in [0.3, 0.4) is 0 Å². The second-order valence-electron chi connectivity index (χ2n) is 18.1. The van der Waals surface area contributed by atoms with E-state index in [0.29, 0.717) is 29.8 Å². The second kappa shape index (κ2) is 15.1. The van der Waals surface area contributed by atoms with Gasteiger partial charge in [0, 0.05) is 24.5 Å². The number of ether oxygens (including phenoxy) is 2. The molecule has 6 atom stereocenters. The van der Waals surface area contributed by atoms with E-state index in [0.717, 1.165) is 51.8 Å². The Balaban J connectivity index is 0.927. The second-order valence-corrected chi connectivity index (χ2v) is 18.1. The number of carbonyl (C=O) groups is 4. The lowest BCUT2D eigenvalue weighted by Gasteiger charge is -2.32. The van der Waals surface area contributed by atoms with Crippen LogP contribution in [0.15, 0.2) is 60.8 Å². The molecule has 0 spiro atoms. The summed E-state index contributed by atoms with van der Waals surface area (Å²) in [5.41, 5.74) is 3.16. The highest BCUT2D eigenvalue weighted by molar-refractivity contribution is 6.05. The number of nitrogens with one attached hydrogen (secondary N) is 4. The molecule has 3 aromatic carbocycles. The van der Waals surface area contributed by atoms with Gasteiger partial charge in [0.05, 0.1) is 67.0 Å². The number of nitrogens with zero attached hydrogens (tertiary/aromatic N) is 4. The number of fused-ring (bicyclic) bond motifs is 4. The first kappa shape index (κ1) is 41.3. The summed E-state index contributed by atoms with van der Waals surface area (Å²) in [6.07, 6.45) is 2.91. The van der Waals surface area contributed by atoms with Gasteiger partial charge in [-0.05, 0) is 71.7 Å². The van der Waals surface area contributed by atoms with Crippen LogP contribution < -0.4 is 10.6 Å². The summed E-state index contributed by atoms with van der Waals surface area (Å²) in [6, 6.07) is 17.7. The number of hydrogen-bond donors (Lipinski definition) is 4. The molecule has 2 saturated heterocycles. The number of methoxy groups -OCH3 is 2. The minimum atomic E-state index is -3.08. The van der Waals surface area contributed by atoms with Crippen molar-refractivity contribution in [3.63, 3.8) is 0 Å². The largest absolute Gasteiger partial charge is 0.453 e. The van der Waals surface area contributed by atoms with Gasteiger partial charge in [-0.3, -0.25) is 9.59 Å². The third-order valence-corrected chi connectivity index (χ3v) is 14.1. The molecule has 4 fully saturated rings. The number of alkyl halides is 2. The molecular weight excluding hydrogens is 799 g/mol. The molecule has 4 N–H and O–H groups in total. The Morgan fingerprint density at radius 1 is 0.919 bits per heavy atom. The van der Waals surface area contributed by atoms with Gasteiger partial charge in [0.1, 0.15) is 17.2 Å². The van der Waals surface area contributed by atoms with Crippen molar-refractivity contribution in [3.05, 3.63) is 72.4 Å². The molecular formula is C46H52F2N8O6. The third-order valence-electron chi connectivity index (χ3n) is 14.1. The zero-order valence-corrected chi connectivity index (χ0v) is 35.7. The zero-order valence-electron chi connectivity index (χ0n) is 35.7. The molecule has 4 heterocycles. The molecule has 4 unspecified atom stereocenters. The van der Waals surface area contributed by atoms with Crippen LogP contribution in [0.4, 0.5) is 18.4 Å². The average molecular weight is 851 g/mol. The number of hydrogen-bond acceptors (Lipinski definition) is 8. The first-order chi connectivity index (χ1) is 29.6. The van der Waals surface area contributed by atoms with Crippen molar-refractivity contribution in [1.29, 1.82) is 0 Å². The highest BCUT2D eigenvalue weighted by Gasteiger charge is 2.78. The Labute approximate surface area is 357 Å². The van der Waals surface area contributed by atoms with E-state index in [2.05, 4.69) is 31.4 Å². The number of imidazole rings is 2. The van der Waals surface area contributed by atoms with E-state index >= 15 is 8.78 Å².